The third-order valence-electron chi connectivity index (χ3n) is 4.49. The first-order chi connectivity index (χ1) is 12.8. The zero-order chi connectivity index (χ0) is 18.2. The van der Waals surface area contributed by atoms with Crippen molar-refractivity contribution < 1.29 is 9.47 Å². The lowest BCUT2D eigenvalue weighted by Gasteiger charge is -2.20. The molecule has 0 aliphatic heterocycles. The summed E-state index contributed by atoms with van der Waals surface area (Å²) >= 11 is 0. The Labute approximate surface area is 155 Å². The van der Waals surface area contributed by atoms with Gasteiger partial charge >= 0.3 is 0 Å². The number of benzene rings is 3. The molecule has 0 unspecified atom stereocenters. The fourth-order valence-electron chi connectivity index (χ4n) is 3.07. The Balaban J connectivity index is 1.76. The van der Waals surface area contributed by atoms with Crippen LogP contribution in [0.2, 0.25) is 0 Å². The average molecular weight is 347 g/mol. The van der Waals surface area contributed by atoms with E-state index < -0.39 is 0 Å². The fraction of sp³-hybridized carbons (Fsp3) is 0.217. The normalized spacial score (nSPS) is 11.8. The second kappa shape index (κ2) is 9.07. The molecule has 0 bridgehead atoms. The van der Waals surface area contributed by atoms with E-state index in [0.29, 0.717) is 0 Å². The lowest BCUT2D eigenvalue weighted by atomic mass is 9.98. The maximum absolute atomic E-state index is 5.41. The molecule has 3 rings (SSSR count). The maximum Gasteiger partial charge on any atom is 0.161 e. The third-order valence-corrected chi connectivity index (χ3v) is 4.49. The van der Waals surface area contributed by atoms with Crippen molar-refractivity contribution in [3.05, 3.63) is 95.6 Å². The van der Waals surface area contributed by atoms with Gasteiger partial charge in [-0.3, -0.25) is 0 Å². The van der Waals surface area contributed by atoms with Crippen molar-refractivity contribution in [2.45, 2.75) is 19.0 Å². The van der Waals surface area contributed by atoms with E-state index in [-0.39, 0.29) is 6.04 Å². The van der Waals surface area contributed by atoms with Gasteiger partial charge in [0.2, 0.25) is 0 Å². The van der Waals surface area contributed by atoms with Gasteiger partial charge in [-0.05, 0) is 35.2 Å². The second-order valence-electron chi connectivity index (χ2n) is 6.22. The molecule has 0 radical (unpaired) electrons. The van der Waals surface area contributed by atoms with Crippen molar-refractivity contribution in [3.8, 4) is 11.5 Å². The summed E-state index contributed by atoms with van der Waals surface area (Å²) in [5.41, 5.74) is 3.77. The van der Waals surface area contributed by atoms with E-state index in [0.717, 1.165) is 30.0 Å². The lowest BCUT2D eigenvalue weighted by Crippen LogP contribution is -2.23. The van der Waals surface area contributed by atoms with Gasteiger partial charge in [-0.2, -0.15) is 0 Å². The van der Waals surface area contributed by atoms with Crippen LogP contribution in [0.4, 0.5) is 0 Å². The summed E-state index contributed by atoms with van der Waals surface area (Å²) in [5.74, 6) is 1.51. The minimum Gasteiger partial charge on any atom is -0.493 e. The van der Waals surface area contributed by atoms with Crippen molar-refractivity contribution in [2.75, 3.05) is 14.2 Å². The van der Waals surface area contributed by atoms with Crippen LogP contribution in [-0.4, -0.2) is 14.2 Å². The lowest BCUT2D eigenvalue weighted by molar-refractivity contribution is 0.354. The molecule has 0 amide bonds. The van der Waals surface area contributed by atoms with E-state index in [4.69, 9.17) is 9.47 Å². The summed E-state index contributed by atoms with van der Waals surface area (Å²) < 4.78 is 10.7. The molecule has 0 heterocycles. The minimum absolute atomic E-state index is 0.242. The number of methoxy groups -OCH3 is 2. The van der Waals surface area contributed by atoms with E-state index in [1.165, 1.54) is 11.1 Å². The van der Waals surface area contributed by atoms with Gasteiger partial charge < -0.3 is 14.8 Å². The summed E-state index contributed by atoms with van der Waals surface area (Å²) in [7, 11) is 3.32. The molecule has 0 fully saturated rings. The molecule has 26 heavy (non-hydrogen) atoms. The highest BCUT2D eigenvalue weighted by Crippen LogP contribution is 2.28. The molecule has 0 saturated carbocycles. The van der Waals surface area contributed by atoms with Crippen LogP contribution in [0.1, 0.15) is 22.7 Å². The van der Waals surface area contributed by atoms with Crippen molar-refractivity contribution in [2.24, 2.45) is 0 Å². The Morgan fingerprint density at radius 2 is 1.38 bits per heavy atom. The highest BCUT2D eigenvalue weighted by Gasteiger charge is 2.12. The smallest absolute Gasteiger partial charge is 0.161 e. The third kappa shape index (κ3) is 4.64. The highest BCUT2D eigenvalue weighted by atomic mass is 16.5. The van der Waals surface area contributed by atoms with Gasteiger partial charge in [-0.25, -0.2) is 0 Å². The molecule has 0 spiro atoms. The number of ether oxygens (including phenoxy) is 2. The van der Waals surface area contributed by atoms with Gasteiger partial charge in [0.25, 0.3) is 0 Å². The predicted octanol–water partition coefficient (Wildman–Crippen LogP) is 4.78. The molecule has 0 saturated heterocycles. The molecule has 3 aromatic rings. The van der Waals surface area contributed by atoms with Gasteiger partial charge in [-0.15, -0.1) is 0 Å². The standard InChI is InChI=1S/C23H25NO2/c1-25-22-14-13-19(16-23(22)26-2)17-24-21(20-11-7-4-8-12-20)15-18-9-5-3-6-10-18/h3-14,16,21,24H,15,17H2,1-2H3/t21-/m1/s1. The Hall–Kier alpha value is -2.78. The zero-order valence-corrected chi connectivity index (χ0v) is 15.3. The van der Waals surface area contributed by atoms with Crippen molar-refractivity contribution in [3.63, 3.8) is 0 Å². The first-order valence-corrected chi connectivity index (χ1v) is 8.83. The summed E-state index contributed by atoms with van der Waals surface area (Å²) in [4.78, 5) is 0. The number of hydrogen-bond donors (Lipinski definition) is 1. The molecular weight excluding hydrogens is 322 g/mol. The van der Waals surface area contributed by atoms with Crippen LogP contribution in [0, 0.1) is 0 Å². The molecule has 134 valence electrons. The van der Waals surface area contributed by atoms with Gasteiger partial charge in [0.15, 0.2) is 11.5 Å². The van der Waals surface area contributed by atoms with E-state index in [1.54, 1.807) is 14.2 Å². The molecule has 1 atom stereocenters. The van der Waals surface area contributed by atoms with E-state index >= 15 is 0 Å². The Bertz CT molecular complexity index is 803. The minimum atomic E-state index is 0.242. The molecule has 3 heteroatoms. The van der Waals surface area contributed by atoms with Gasteiger partial charge in [0.1, 0.15) is 0 Å². The largest absolute Gasteiger partial charge is 0.493 e. The van der Waals surface area contributed by atoms with Gasteiger partial charge in [0.05, 0.1) is 14.2 Å². The first kappa shape index (κ1) is 18.0. The van der Waals surface area contributed by atoms with Crippen LogP contribution < -0.4 is 14.8 Å². The Kier molecular flexibility index (Phi) is 6.29. The first-order valence-electron chi connectivity index (χ1n) is 8.83. The van der Waals surface area contributed by atoms with Crippen LogP contribution in [0.5, 0.6) is 11.5 Å². The van der Waals surface area contributed by atoms with Crippen molar-refractivity contribution in [1.82, 2.24) is 5.32 Å². The average Bonchev–Trinajstić information content (AvgIpc) is 2.72. The molecular formula is C23H25NO2. The van der Waals surface area contributed by atoms with E-state index in [1.807, 2.05) is 12.1 Å². The van der Waals surface area contributed by atoms with Crippen LogP contribution in [-0.2, 0) is 13.0 Å². The van der Waals surface area contributed by atoms with Crippen LogP contribution >= 0.6 is 0 Å². The monoisotopic (exact) mass is 347 g/mol. The summed E-state index contributed by atoms with van der Waals surface area (Å²) in [6, 6.07) is 27.4. The molecule has 0 aromatic heterocycles. The molecule has 1 N–H and O–H groups in total. The number of nitrogens with one attached hydrogen (secondary N) is 1. The zero-order valence-electron chi connectivity index (χ0n) is 15.3. The van der Waals surface area contributed by atoms with Gasteiger partial charge in [-0.1, -0.05) is 66.7 Å². The highest BCUT2D eigenvalue weighted by molar-refractivity contribution is 5.43. The topological polar surface area (TPSA) is 30.5 Å². The SMILES string of the molecule is COc1ccc(CN[C@H](Cc2ccccc2)c2ccccc2)cc1OC. The molecule has 3 nitrogen and oxygen atoms in total. The van der Waals surface area contributed by atoms with E-state index in [2.05, 4.69) is 72.0 Å². The predicted molar refractivity (Wildman–Crippen MR) is 106 cm³/mol. The maximum atomic E-state index is 5.41. The van der Waals surface area contributed by atoms with Crippen molar-refractivity contribution >= 4 is 0 Å². The van der Waals surface area contributed by atoms with Crippen LogP contribution in [0.15, 0.2) is 78.9 Å². The molecule has 3 aromatic carbocycles. The number of hydrogen-bond acceptors (Lipinski definition) is 3. The fourth-order valence-corrected chi connectivity index (χ4v) is 3.07. The second-order valence-corrected chi connectivity index (χ2v) is 6.22. The van der Waals surface area contributed by atoms with Crippen molar-refractivity contribution in [1.29, 1.82) is 0 Å². The summed E-state index contributed by atoms with van der Waals surface area (Å²) in [6.45, 7) is 0.757. The summed E-state index contributed by atoms with van der Waals surface area (Å²) in [5, 5.41) is 3.69. The Morgan fingerprint density at radius 1 is 0.731 bits per heavy atom. The van der Waals surface area contributed by atoms with Crippen LogP contribution in [0.3, 0.4) is 0 Å². The van der Waals surface area contributed by atoms with E-state index in [9.17, 15) is 0 Å². The van der Waals surface area contributed by atoms with Crippen LogP contribution in [0.25, 0.3) is 0 Å². The van der Waals surface area contributed by atoms with Gasteiger partial charge in [0, 0.05) is 12.6 Å². The quantitative estimate of drug-likeness (QED) is 0.636. The number of rotatable bonds is 8. The summed E-state index contributed by atoms with van der Waals surface area (Å²) in [6.07, 6.45) is 0.943. The molecule has 0 aliphatic carbocycles. The molecule has 0 aliphatic rings. The Morgan fingerprint density at radius 3 is 2.04 bits per heavy atom.